The predicted octanol–water partition coefficient (Wildman–Crippen LogP) is 5.37. The number of aromatic hydroxyl groups is 1. The van der Waals surface area contributed by atoms with Crippen LogP contribution in [0.2, 0.25) is 0 Å². The molecule has 0 spiro atoms. The number of phenols is 1. The fourth-order valence-electron chi connectivity index (χ4n) is 3.46. The Morgan fingerprint density at radius 3 is 2.76 bits per heavy atom. The number of hydrogen-bond donors (Lipinski definition) is 1. The standard InChI is InChI=1S/C21H25NO3/c1-4-5-6-7-13(2)14(3)15-10-18(23)20-17-12-22-9-8-16(17)21(24)25-19(20)11-15/h8-14,23H,4-7H2,1-3H3. The number of pyridine rings is 1. The first-order valence-corrected chi connectivity index (χ1v) is 9.06. The molecule has 0 aliphatic heterocycles. The third-order valence-electron chi connectivity index (χ3n) is 5.26. The molecule has 0 saturated heterocycles. The summed E-state index contributed by atoms with van der Waals surface area (Å²) in [5, 5.41) is 12.2. The van der Waals surface area contributed by atoms with E-state index in [0.29, 0.717) is 27.7 Å². The van der Waals surface area contributed by atoms with E-state index in [1.165, 1.54) is 19.3 Å². The van der Waals surface area contributed by atoms with Crippen LogP contribution < -0.4 is 5.63 Å². The molecule has 1 N–H and O–H groups in total. The minimum absolute atomic E-state index is 0.141. The van der Waals surface area contributed by atoms with Gasteiger partial charge < -0.3 is 9.52 Å². The molecular formula is C21H25NO3. The Balaban J connectivity index is 2.05. The molecule has 0 bridgehead atoms. The van der Waals surface area contributed by atoms with Crippen LogP contribution in [0.15, 0.2) is 39.8 Å². The average molecular weight is 339 g/mol. The van der Waals surface area contributed by atoms with Crippen molar-refractivity contribution in [3.05, 3.63) is 46.6 Å². The quantitative estimate of drug-likeness (QED) is 0.373. The zero-order valence-corrected chi connectivity index (χ0v) is 15.1. The molecule has 2 aromatic heterocycles. The molecule has 2 heterocycles. The normalized spacial score (nSPS) is 14.0. The van der Waals surface area contributed by atoms with E-state index in [4.69, 9.17) is 4.42 Å². The molecule has 1 aromatic carbocycles. The SMILES string of the molecule is CCCCCC(C)C(C)c1cc(O)c2c(c1)oc(=O)c1ccncc12. The van der Waals surface area contributed by atoms with Gasteiger partial charge in [-0.15, -0.1) is 0 Å². The van der Waals surface area contributed by atoms with Gasteiger partial charge in [-0.05, 0) is 35.6 Å². The van der Waals surface area contributed by atoms with Gasteiger partial charge in [-0.2, -0.15) is 0 Å². The zero-order valence-electron chi connectivity index (χ0n) is 15.1. The topological polar surface area (TPSA) is 63.3 Å². The number of nitrogens with zero attached hydrogens (tertiary/aromatic N) is 1. The van der Waals surface area contributed by atoms with Crippen LogP contribution in [0.1, 0.15) is 57.9 Å². The Bertz CT molecular complexity index is 945. The highest BCUT2D eigenvalue weighted by Crippen LogP contribution is 2.36. The van der Waals surface area contributed by atoms with Crippen molar-refractivity contribution in [3.63, 3.8) is 0 Å². The zero-order chi connectivity index (χ0) is 18.0. The summed E-state index contributed by atoms with van der Waals surface area (Å²) in [5.74, 6) is 0.918. The Labute approximate surface area is 147 Å². The number of rotatable bonds is 6. The third kappa shape index (κ3) is 3.39. The smallest absolute Gasteiger partial charge is 0.344 e. The number of unbranched alkanes of at least 4 members (excludes halogenated alkanes) is 2. The Morgan fingerprint density at radius 1 is 1.20 bits per heavy atom. The van der Waals surface area contributed by atoms with Gasteiger partial charge in [0, 0.05) is 17.8 Å². The average Bonchev–Trinajstić information content (AvgIpc) is 2.61. The Kier molecular flexibility index (Phi) is 5.07. The molecule has 4 nitrogen and oxygen atoms in total. The first-order valence-electron chi connectivity index (χ1n) is 9.06. The van der Waals surface area contributed by atoms with Crippen LogP contribution in [0.4, 0.5) is 0 Å². The van der Waals surface area contributed by atoms with Gasteiger partial charge >= 0.3 is 5.63 Å². The van der Waals surface area contributed by atoms with Crippen molar-refractivity contribution < 1.29 is 9.52 Å². The highest BCUT2D eigenvalue weighted by atomic mass is 16.4. The first kappa shape index (κ1) is 17.5. The predicted molar refractivity (Wildman–Crippen MR) is 101 cm³/mol. The van der Waals surface area contributed by atoms with Crippen LogP contribution in [0, 0.1) is 5.92 Å². The number of fused-ring (bicyclic) bond motifs is 3. The molecule has 25 heavy (non-hydrogen) atoms. The van der Waals surface area contributed by atoms with Gasteiger partial charge in [0.25, 0.3) is 0 Å². The van der Waals surface area contributed by atoms with Crippen LogP contribution in [0.5, 0.6) is 5.75 Å². The summed E-state index contributed by atoms with van der Waals surface area (Å²) in [6.07, 6.45) is 7.98. The van der Waals surface area contributed by atoms with E-state index < -0.39 is 5.63 Å². The lowest BCUT2D eigenvalue weighted by molar-refractivity contribution is 0.427. The van der Waals surface area contributed by atoms with Gasteiger partial charge in [-0.25, -0.2) is 4.79 Å². The summed E-state index contributed by atoms with van der Waals surface area (Å²) in [7, 11) is 0. The maximum absolute atomic E-state index is 12.2. The van der Waals surface area contributed by atoms with Crippen molar-refractivity contribution in [2.45, 2.75) is 52.4 Å². The molecule has 0 aliphatic carbocycles. The Hall–Kier alpha value is -2.36. The lowest BCUT2D eigenvalue weighted by Crippen LogP contribution is -2.07. The fourth-order valence-corrected chi connectivity index (χ4v) is 3.46. The van der Waals surface area contributed by atoms with Gasteiger partial charge in [-0.3, -0.25) is 4.98 Å². The summed E-state index contributed by atoms with van der Waals surface area (Å²) >= 11 is 0. The van der Waals surface area contributed by atoms with E-state index in [1.54, 1.807) is 24.5 Å². The van der Waals surface area contributed by atoms with Crippen LogP contribution in [-0.4, -0.2) is 10.1 Å². The summed E-state index contributed by atoms with van der Waals surface area (Å²) in [4.78, 5) is 16.3. The molecule has 3 rings (SSSR count). The monoisotopic (exact) mass is 339 g/mol. The second-order valence-corrected chi connectivity index (χ2v) is 6.99. The maximum atomic E-state index is 12.2. The molecule has 0 radical (unpaired) electrons. The van der Waals surface area contributed by atoms with E-state index >= 15 is 0 Å². The van der Waals surface area contributed by atoms with Crippen molar-refractivity contribution in [2.75, 3.05) is 0 Å². The molecule has 0 fully saturated rings. The third-order valence-corrected chi connectivity index (χ3v) is 5.26. The maximum Gasteiger partial charge on any atom is 0.344 e. The number of aromatic nitrogens is 1. The fraction of sp³-hybridized carbons (Fsp3) is 0.429. The van der Waals surface area contributed by atoms with Crippen molar-refractivity contribution >= 4 is 21.7 Å². The van der Waals surface area contributed by atoms with Crippen LogP contribution in [0.25, 0.3) is 21.7 Å². The van der Waals surface area contributed by atoms with E-state index in [2.05, 4.69) is 25.8 Å². The van der Waals surface area contributed by atoms with E-state index in [-0.39, 0.29) is 11.7 Å². The van der Waals surface area contributed by atoms with Gasteiger partial charge in [0.1, 0.15) is 11.3 Å². The van der Waals surface area contributed by atoms with Gasteiger partial charge in [0.15, 0.2) is 0 Å². The number of benzene rings is 1. The van der Waals surface area contributed by atoms with Crippen LogP contribution in [0.3, 0.4) is 0 Å². The van der Waals surface area contributed by atoms with Crippen LogP contribution >= 0.6 is 0 Å². The summed E-state index contributed by atoms with van der Waals surface area (Å²) in [6.45, 7) is 6.61. The summed E-state index contributed by atoms with van der Waals surface area (Å²) < 4.78 is 5.48. The van der Waals surface area contributed by atoms with E-state index in [9.17, 15) is 9.90 Å². The van der Waals surface area contributed by atoms with Gasteiger partial charge in [0.05, 0.1) is 10.8 Å². The molecule has 0 amide bonds. The minimum Gasteiger partial charge on any atom is -0.507 e. The lowest BCUT2D eigenvalue weighted by atomic mass is 9.85. The van der Waals surface area contributed by atoms with Crippen LogP contribution in [-0.2, 0) is 0 Å². The second kappa shape index (κ2) is 7.26. The summed E-state index contributed by atoms with van der Waals surface area (Å²) in [6, 6.07) is 5.31. The van der Waals surface area contributed by atoms with Gasteiger partial charge in [0.2, 0.25) is 0 Å². The highest BCUT2D eigenvalue weighted by molar-refractivity contribution is 6.07. The molecule has 0 saturated carbocycles. The largest absolute Gasteiger partial charge is 0.507 e. The van der Waals surface area contributed by atoms with Crippen molar-refractivity contribution in [2.24, 2.45) is 5.92 Å². The molecule has 3 aromatic rings. The molecule has 0 aliphatic rings. The number of hydrogen-bond acceptors (Lipinski definition) is 4. The second-order valence-electron chi connectivity index (χ2n) is 6.99. The lowest BCUT2D eigenvalue weighted by Gasteiger charge is -2.21. The molecular weight excluding hydrogens is 314 g/mol. The van der Waals surface area contributed by atoms with Crippen molar-refractivity contribution in [1.29, 1.82) is 0 Å². The molecule has 2 unspecified atom stereocenters. The van der Waals surface area contributed by atoms with E-state index in [1.807, 2.05) is 6.07 Å². The summed E-state index contributed by atoms with van der Waals surface area (Å²) in [5.41, 5.74) is 1.03. The molecule has 2 atom stereocenters. The Morgan fingerprint density at radius 2 is 2.00 bits per heavy atom. The molecule has 132 valence electrons. The minimum atomic E-state index is -0.398. The highest BCUT2D eigenvalue weighted by Gasteiger charge is 2.18. The first-order chi connectivity index (χ1) is 12.0. The van der Waals surface area contributed by atoms with Crippen molar-refractivity contribution in [3.8, 4) is 5.75 Å². The van der Waals surface area contributed by atoms with Crippen molar-refractivity contribution in [1.82, 2.24) is 4.98 Å². The number of phenolic OH excluding ortho intramolecular Hbond substituents is 1. The molecule has 4 heteroatoms. The van der Waals surface area contributed by atoms with E-state index in [0.717, 1.165) is 12.0 Å². The van der Waals surface area contributed by atoms with Gasteiger partial charge in [-0.1, -0.05) is 46.5 Å².